The van der Waals surface area contributed by atoms with E-state index in [-0.39, 0.29) is 29.3 Å². The largest absolute Gasteiger partial charge is 0.324 e. The summed E-state index contributed by atoms with van der Waals surface area (Å²) in [4.78, 5) is 34.7. The molecule has 1 aromatic heterocycles. The first-order valence-electron chi connectivity index (χ1n) is 7.03. The van der Waals surface area contributed by atoms with Crippen LogP contribution in [0.3, 0.4) is 0 Å². The molecule has 2 N–H and O–H groups in total. The zero-order valence-electron chi connectivity index (χ0n) is 12.4. The van der Waals surface area contributed by atoms with Crippen molar-refractivity contribution in [3.8, 4) is 0 Å². The maximum atomic E-state index is 12.7. The molecule has 0 spiro atoms. The molecule has 120 valence electrons. The number of carbonyl (C=O) groups excluding carboxylic acids is 2. The summed E-state index contributed by atoms with van der Waals surface area (Å²) in [5.74, 6) is -0.862. The van der Waals surface area contributed by atoms with Crippen LogP contribution in [-0.2, 0) is 0 Å². The number of nitro benzene ring substituents is 1. The third-order valence-electron chi connectivity index (χ3n) is 3.55. The molecule has 8 heteroatoms. The van der Waals surface area contributed by atoms with Gasteiger partial charge in [0, 0.05) is 23.1 Å². The molecule has 0 saturated heterocycles. The highest BCUT2D eigenvalue weighted by atomic mass is 16.6. The molecule has 0 fully saturated rings. The summed E-state index contributed by atoms with van der Waals surface area (Å²) < 4.78 is 1.11. The fraction of sp³-hybridized carbons (Fsp3) is 0.0625. The lowest BCUT2D eigenvalue weighted by molar-refractivity contribution is -0.384. The summed E-state index contributed by atoms with van der Waals surface area (Å²) >= 11 is 0. The van der Waals surface area contributed by atoms with E-state index in [1.54, 1.807) is 24.3 Å². The van der Waals surface area contributed by atoms with Crippen molar-refractivity contribution >= 4 is 28.3 Å². The Bertz CT molecular complexity index is 960. The number of ketones is 1. The normalized spacial score (nSPS) is 10.7. The minimum absolute atomic E-state index is 0.115. The maximum Gasteiger partial charge on any atom is 0.278 e. The van der Waals surface area contributed by atoms with Gasteiger partial charge in [-0.2, -0.15) is 9.78 Å². The van der Waals surface area contributed by atoms with E-state index in [0.717, 1.165) is 4.68 Å². The third kappa shape index (κ3) is 2.55. The lowest BCUT2D eigenvalue weighted by Gasteiger charge is -2.02. The lowest BCUT2D eigenvalue weighted by Crippen LogP contribution is -2.17. The molecule has 0 unspecified atom stereocenters. The fourth-order valence-electron chi connectivity index (χ4n) is 2.37. The number of nitro groups is 1. The lowest BCUT2D eigenvalue weighted by atomic mass is 10.1. The number of aromatic nitrogens is 2. The van der Waals surface area contributed by atoms with Crippen LogP contribution in [0.5, 0.6) is 0 Å². The van der Waals surface area contributed by atoms with Crippen LogP contribution in [0.4, 0.5) is 5.69 Å². The molecule has 0 amide bonds. The van der Waals surface area contributed by atoms with Crippen LogP contribution in [0.1, 0.15) is 20.8 Å². The van der Waals surface area contributed by atoms with E-state index in [0.29, 0.717) is 10.9 Å². The number of para-hydroxylation sites is 1. The predicted molar refractivity (Wildman–Crippen MR) is 85.9 cm³/mol. The minimum atomic E-state index is -0.546. The Labute approximate surface area is 135 Å². The highest BCUT2D eigenvalue weighted by Gasteiger charge is 2.20. The number of fused-ring (bicyclic) bond motifs is 1. The van der Waals surface area contributed by atoms with Gasteiger partial charge in [0.05, 0.1) is 17.0 Å². The Morgan fingerprint density at radius 1 is 1.12 bits per heavy atom. The molecular formula is C16H12N4O4. The second kappa shape index (κ2) is 6.01. The monoisotopic (exact) mass is 324 g/mol. The van der Waals surface area contributed by atoms with Crippen molar-refractivity contribution in [3.63, 3.8) is 0 Å². The first-order chi connectivity index (χ1) is 11.5. The molecule has 0 saturated carbocycles. The predicted octanol–water partition coefficient (Wildman–Crippen LogP) is 1.77. The van der Waals surface area contributed by atoms with Gasteiger partial charge in [-0.15, -0.1) is 0 Å². The number of benzene rings is 2. The van der Waals surface area contributed by atoms with E-state index in [2.05, 4.69) is 5.10 Å². The second-order valence-electron chi connectivity index (χ2n) is 5.01. The highest BCUT2D eigenvalue weighted by Crippen LogP contribution is 2.21. The zero-order valence-corrected chi connectivity index (χ0v) is 12.4. The smallest absolute Gasteiger partial charge is 0.278 e. The molecule has 0 bridgehead atoms. The molecule has 3 rings (SSSR count). The quantitative estimate of drug-likeness (QED) is 0.443. The molecule has 8 nitrogen and oxygen atoms in total. The molecule has 2 aromatic carbocycles. The van der Waals surface area contributed by atoms with E-state index < -0.39 is 10.8 Å². The van der Waals surface area contributed by atoms with Gasteiger partial charge in [0.1, 0.15) is 5.69 Å². The van der Waals surface area contributed by atoms with Crippen LogP contribution in [0.25, 0.3) is 10.9 Å². The summed E-state index contributed by atoms with van der Waals surface area (Å²) in [5.41, 5.74) is 6.09. The summed E-state index contributed by atoms with van der Waals surface area (Å²) in [7, 11) is 0. The van der Waals surface area contributed by atoms with E-state index in [1.165, 1.54) is 24.3 Å². The third-order valence-corrected chi connectivity index (χ3v) is 3.55. The first-order valence-corrected chi connectivity index (χ1v) is 7.03. The van der Waals surface area contributed by atoms with Crippen LogP contribution in [0.2, 0.25) is 0 Å². The van der Waals surface area contributed by atoms with Crippen molar-refractivity contribution in [1.82, 2.24) is 9.78 Å². The van der Waals surface area contributed by atoms with Gasteiger partial charge >= 0.3 is 0 Å². The number of rotatable bonds is 4. The van der Waals surface area contributed by atoms with Gasteiger partial charge in [-0.25, -0.2) is 0 Å². The van der Waals surface area contributed by atoms with Crippen molar-refractivity contribution in [2.45, 2.75) is 0 Å². The fourth-order valence-corrected chi connectivity index (χ4v) is 2.37. The molecule has 0 aliphatic rings. The minimum Gasteiger partial charge on any atom is -0.324 e. The molecule has 0 aliphatic heterocycles. The Morgan fingerprint density at radius 3 is 2.42 bits per heavy atom. The number of Topliss-reactive ketones (excluding diaryl/α,β-unsaturated/α-hetero) is 1. The van der Waals surface area contributed by atoms with Crippen LogP contribution in [0, 0.1) is 10.1 Å². The summed E-state index contributed by atoms with van der Waals surface area (Å²) in [6.07, 6.45) is 0. The maximum absolute atomic E-state index is 12.7. The van der Waals surface area contributed by atoms with Crippen LogP contribution < -0.4 is 5.73 Å². The van der Waals surface area contributed by atoms with Gasteiger partial charge in [0.25, 0.3) is 11.6 Å². The van der Waals surface area contributed by atoms with E-state index in [1.807, 2.05) is 0 Å². The van der Waals surface area contributed by atoms with Gasteiger partial charge in [-0.1, -0.05) is 18.2 Å². The van der Waals surface area contributed by atoms with Crippen LogP contribution in [0.15, 0.2) is 48.5 Å². The zero-order chi connectivity index (χ0) is 17.3. The molecular weight excluding hydrogens is 312 g/mol. The number of nitrogens with zero attached hydrogens (tertiary/aromatic N) is 3. The van der Waals surface area contributed by atoms with Crippen molar-refractivity contribution in [2.75, 3.05) is 6.54 Å². The van der Waals surface area contributed by atoms with Gasteiger partial charge in [-0.3, -0.25) is 19.7 Å². The van der Waals surface area contributed by atoms with Gasteiger partial charge in [0.2, 0.25) is 0 Å². The number of hydrogen-bond donors (Lipinski definition) is 1. The van der Waals surface area contributed by atoms with Crippen LogP contribution >= 0.6 is 0 Å². The molecule has 0 radical (unpaired) electrons. The number of nitrogens with two attached hydrogens (primary N) is 1. The summed E-state index contributed by atoms with van der Waals surface area (Å²) in [6.45, 7) is -0.216. The Kier molecular flexibility index (Phi) is 3.88. The van der Waals surface area contributed by atoms with Gasteiger partial charge in [0.15, 0.2) is 5.78 Å². The Morgan fingerprint density at radius 2 is 1.79 bits per heavy atom. The highest BCUT2D eigenvalue weighted by molar-refractivity contribution is 6.10. The Balaban J connectivity index is 2.10. The number of hydrogen-bond acceptors (Lipinski definition) is 6. The average molecular weight is 324 g/mol. The van der Waals surface area contributed by atoms with Gasteiger partial charge < -0.3 is 5.73 Å². The average Bonchev–Trinajstić information content (AvgIpc) is 3.00. The molecule has 0 aliphatic carbocycles. The standard InChI is InChI=1S/C16H12N4O4/c17-9-14(21)15-12-3-1-2-4-13(12)19(18-15)16(22)10-5-7-11(8-6-10)20(23)24/h1-8H,9,17H2. The second-order valence-corrected chi connectivity index (χ2v) is 5.01. The molecule has 1 heterocycles. The summed E-state index contributed by atoms with van der Waals surface area (Å²) in [6, 6.07) is 12.0. The van der Waals surface area contributed by atoms with E-state index in [4.69, 9.17) is 5.73 Å². The van der Waals surface area contributed by atoms with Crippen molar-refractivity contribution in [1.29, 1.82) is 0 Å². The SMILES string of the molecule is NCC(=O)c1nn(C(=O)c2ccc([N+](=O)[O-])cc2)c2ccccc12. The number of carbonyl (C=O) groups is 2. The van der Waals surface area contributed by atoms with Crippen molar-refractivity contribution in [2.24, 2.45) is 5.73 Å². The van der Waals surface area contributed by atoms with E-state index in [9.17, 15) is 19.7 Å². The van der Waals surface area contributed by atoms with E-state index >= 15 is 0 Å². The number of non-ortho nitro benzene ring substituents is 1. The molecule has 0 atom stereocenters. The summed E-state index contributed by atoms with van der Waals surface area (Å²) in [5, 5.41) is 15.3. The van der Waals surface area contributed by atoms with Crippen molar-refractivity contribution < 1.29 is 14.5 Å². The topological polar surface area (TPSA) is 121 Å². The van der Waals surface area contributed by atoms with Crippen LogP contribution in [-0.4, -0.2) is 32.9 Å². The molecule has 3 aromatic rings. The Hall–Kier alpha value is -3.39. The molecule has 24 heavy (non-hydrogen) atoms. The first kappa shape index (κ1) is 15.5. The van der Waals surface area contributed by atoms with Crippen molar-refractivity contribution in [3.05, 3.63) is 69.9 Å². The van der Waals surface area contributed by atoms with Gasteiger partial charge in [-0.05, 0) is 18.2 Å².